The normalized spacial score (nSPS) is 10.0. The fourth-order valence-corrected chi connectivity index (χ4v) is 1.68. The quantitative estimate of drug-likeness (QED) is 0.838. The number of Topliss-reactive ketones (excluding diaryl/α,β-unsaturated/α-hetero) is 1. The number of methoxy groups -OCH3 is 1. The van der Waals surface area contributed by atoms with Crippen molar-refractivity contribution in [3.8, 4) is 5.75 Å². The Morgan fingerprint density at radius 3 is 2.74 bits per heavy atom. The topological polar surface area (TPSA) is 38.3 Å². The average molecular weight is 259 g/mol. The molecule has 3 nitrogen and oxygen atoms in total. The molecule has 0 saturated carbocycles. The third kappa shape index (κ3) is 3.31. The predicted molar refractivity (Wildman–Crippen MR) is 72.2 cm³/mol. The minimum Gasteiger partial charge on any atom is -0.497 e. The standard InChI is InChI=1S/C15H14FNO2/c1-19-12-6-4-5-11(9-12)15(18)10-17-14-8-3-2-7-13(14)16/h2-9,17H,10H2,1H3. The number of halogens is 1. The van der Waals surface area contributed by atoms with Gasteiger partial charge in [-0.3, -0.25) is 4.79 Å². The molecule has 0 aliphatic carbocycles. The largest absolute Gasteiger partial charge is 0.497 e. The monoisotopic (exact) mass is 259 g/mol. The molecule has 0 spiro atoms. The molecule has 2 aromatic carbocycles. The number of hydrogen-bond acceptors (Lipinski definition) is 3. The van der Waals surface area contributed by atoms with Crippen LogP contribution in [0.25, 0.3) is 0 Å². The minimum absolute atomic E-state index is 0.0358. The number of carbonyl (C=O) groups is 1. The smallest absolute Gasteiger partial charge is 0.181 e. The number of para-hydroxylation sites is 1. The summed E-state index contributed by atoms with van der Waals surface area (Å²) in [5.41, 5.74) is 0.849. The van der Waals surface area contributed by atoms with Crippen molar-refractivity contribution in [1.82, 2.24) is 0 Å². The number of carbonyl (C=O) groups excluding carboxylic acids is 1. The second kappa shape index (κ2) is 6.00. The van der Waals surface area contributed by atoms with Crippen LogP contribution in [0.1, 0.15) is 10.4 Å². The fourth-order valence-electron chi connectivity index (χ4n) is 1.68. The molecule has 2 rings (SSSR count). The summed E-state index contributed by atoms with van der Waals surface area (Å²) < 4.78 is 18.4. The molecule has 0 amide bonds. The van der Waals surface area contributed by atoms with Gasteiger partial charge in [0.2, 0.25) is 0 Å². The Morgan fingerprint density at radius 2 is 2.00 bits per heavy atom. The van der Waals surface area contributed by atoms with Crippen LogP contribution in [-0.4, -0.2) is 19.4 Å². The van der Waals surface area contributed by atoms with Gasteiger partial charge in [0.25, 0.3) is 0 Å². The first-order chi connectivity index (χ1) is 9.20. The van der Waals surface area contributed by atoms with Crippen LogP contribution < -0.4 is 10.1 Å². The number of anilines is 1. The average Bonchev–Trinajstić information content (AvgIpc) is 2.46. The molecule has 0 aliphatic rings. The summed E-state index contributed by atoms with van der Waals surface area (Å²) in [5, 5.41) is 2.78. The van der Waals surface area contributed by atoms with E-state index in [4.69, 9.17) is 4.74 Å². The summed E-state index contributed by atoms with van der Waals surface area (Å²) >= 11 is 0. The lowest BCUT2D eigenvalue weighted by Crippen LogP contribution is -2.14. The zero-order chi connectivity index (χ0) is 13.7. The minimum atomic E-state index is -0.374. The first-order valence-corrected chi connectivity index (χ1v) is 5.86. The van der Waals surface area contributed by atoms with Gasteiger partial charge in [-0.1, -0.05) is 24.3 Å². The molecule has 0 heterocycles. The Balaban J connectivity index is 2.03. The van der Waals surface area contributed by atoms with E-state index < -0.39 is 0 Å². The van der Waals surface area contributed by atoms with E-state index in [0.29, 0.717) is 17.0 Å². The molecule has 0 aliphatic heterocycles. The van der Waals surface area contributed by atoms with Crippen LogP contribution in [0.3, 0.4) is 0 Å². The van der Waals surface area contributed by atoms with Crippen molar-refractivity contribution < 1.29 is 13.9 Å². The Bertz CT molecular complexity index is 584. The Labute approximate surface area is 111 Å². The van der Waals surface area contributed by atoms with Gasteiger partial charge in [-0.25, -0.2) is 4.39 Å². The van der Waals surface area contributed by atoms with Crippen LogP contribution in [0.2, 0.25) is 0 Å². The van der Waals surface area contributed by atoms with Crippen LogP contribution >= 0.6 is 0 Å². The van der Waals surface area contributed by atoms with Gasteiger partial charge in [-0.05, 0) is 24.3 Å². The van der Waals surface area contributed by atoms with Gasteiger partial charge in [-0.2, -0.15) is 0 Å². The summed E-state index contributed by atoms with van der Waals surface area (Å²) in [6.07, 6.45) is 0. The molecule has 0 fully saturated rings. The third-order valence-corrected chi connectivity index (χ3v) is 2.70. The van der Waals surface area contributed by atoms with Crippen LogP contribution in [-0.2, 0) is 0 Å². The second-order valence-electron chi connectivity index (χ2n) is 3.99. The van der Waals surface area contributed by atoms with Crippen molar-refractivity contribution in [2.24, 2.45) is 0 Å². The van der Waals surface area contributed by atoms with Crippen LogP contribution in [0.5, 0.6) is 5.75 Å². The molecule has 0 atom stereocenters. The fraction of sp³-hybridized carbons (Fsp3) is 0.133. The van der Waals surface area contributed by atoms with Gasteiger partial charge < -0.3 is 10.1 Å². The van der Waals surface area contributed by atoms with Crippen molar-refractivity contribution in [2.75, 3.05) is 19.0 Å². The molecule has 0 saturated heterocycles. The van der Waals surface area contributed by atoms with E-state index in [1.165, 1.54) is 6.07 Å². The van der Waals surface area contributed by atoms with Crippen LogP contribution in [0.4, 0.5) is 10.1 Å². The Hall–Kier alpha value is -2.36. The molecule has 98 valence electrons. The summed E-state index contributed by atoms with van der Waals surface area (Å²) in [7, 11) is 1.54. The van der Waals surface area contributed by atoms with Crippen LogP contribution in [0.15, 0.2) is 48.5 Å². The van der Waals surface area contributed by atoms with E-state index in [2.05, 4.69) is 5.32 Å². The summed E-state index contributed by atoms with van der Waals surface area (Å²) in [4.78, 5) is 12.0. The summed E-state index contributed by atoms with van der Waals surface area (Å²) in [5.74, 6) is 0.125. The van der Waals surface area contributed by atoms with E-state index in [9.17, 15) is 9.18 Å². The SMILES string of the molecule is COc1cccc(C(=O)CNc2ccccc2F)c1. The maximum absolute atomic E-state index is 13.4. The molecule has 4 heteroatoms. The molecule has 0 unspecified atom stereocenters. The molecule has 2 aromatic rings. The lowest BCUT2D eigenvalue weighted by atomic mass is 10.1. The van der Waals surface area contributed by atoms with Gasteiger partial charge in [-0.15, -0.1) is 0 Å². The number of ether oxygens (including phenoxy) is 1. The zero-order valence-electron chi connectivity index (χ0n) is 10.5. The maximum atomic E-state index is 13.4. The number of benzene rings is 2. The number of hydrogen-bond donors (Lipinski definition) is 1. The second-order valence-corrected chi connectivity index (χ2v) is 3.99. The van der Waals surface area contributed by atoms with Crippen molar-refractivity contribution >= 4 is 11.5 Å². The summed E-state index contributed by atoms with van der Waals surface area (Å²) in [6.45, 7) is 0.0358. The lowest BCUT2D eigenvalue weighted by molar-refractivity contribution is 0.101. The van der Waals surface area contributed by atoms with E-state index in [1.54, 1.807) is 49.6 Å². The molecule has 0 radical (unpaired) electrons. The number of nitrogens with one attached hydrogen (secondary N) is 1. The van der Waals surface area contributed by atoms with Gasteiger partial charge in [0.15, 0.2) is 5.78 Å². The molecule has 0 aromatic heterocycles. The Morgan fingerprint density at radius 1 is 1.21 bits per heavy atom. The first kappa shape index (κ1) is 13.1. The van der Waals surface area contributed by atoms with Gasteiger partial charge in [0.1, 0.15) is 11.6 Å². The molecule has 1 N–H and O–H groups in total. The maximum Gasteiger partial charge on any atom is 0.181 e. The van der Waals surface area contributed by atoms with Gasteiger partial charge in [0, 0.05) is 5.56 Å². The molecular weight excluding hydrogens is 245 g/mol. The van der Waals surface area contributed by atoms with Crippen molar-refractivity contribution in [1.29, 1.82) is 0 Å². The number of ketones is 1. The van der Waals surface area contributed by atoms with E-state index in [1.807, 2.05) is 0 Å². The number of rotatable bonds is 5. The predicted octanol–water partition coefficient (Wildman–Crippen LogP) is 3.13. The highest BCUT2D eigenvalue weighted by atomic mass is 19.1. The Kier molecular flexibility index (Phi) is 4.13. The lowest BCUT2D eigenvalue weighted by Gasteiger charge is -2.07. The van der Waals surface area contributed by atoms with Crippen molar-refractivity contribution in [3.05, 3.63) is 59.9 Å². The highest BCUT2D eigenvalue weighted by Gasteiger charge is 2.08. The van der Waals surface area contributed by atoms with Gasteiger partial charge >= 0.3 is 0 Å². The van der Waals surface area contributed by atoms with E-state index in [-0.39, 0.29) is 18.1 Å². The third-order valence-electron chi connectivity index (χ3n) is 2.70. The summed E-state index contributed by atoms with van der Waals surface area (Å²) in [6, 6.07) is 13.1. The van der Waals surface area contributed by atoms with Crippen molar-refractivity contribution in [2.45, 2.75) is 0 Å². The molecule has 19 heavy (non-hydrogen) atoms. The van der Waals surface area contributed by atoms with E-state index >= 15 is 0 Å². The highest BCUT2D eigenvalue weighted by molar-refractivity contribution is 5.99. The molecular formula is C15H14FNO2. The van der Waals surface area contributed by atoms with Crippen molar-refractivity contribution in [3.63, 3.8) is 0 Å². The molecule has 0 bridgehead atoms. The van der Waals surface area contributed by atoms with E-state index in [0.717, 1.165) is 0 Å². The first-order valence-electron chi connectivity index (χ1n) is 5.86. The van der Waals surface area contributed by atoms with Crippen LogP contribution in [0, 0.1) is 5.82 Å². The van der Waals surface area contributed by atoms with Gasteiger partial charge in [0.05, 0.1) is 19.3 Å². The zero-order valence-corrected chi connectivity index (χ0v) is 10.5. The highest BCUT2D eigenvalue weighted by Crippen LogP contribution is 2.15.